The highest BCUT2D eigenvalue weighted by molar-refractivity contribution is 5.79. The van der Waals surface area contributed by atoms with Gasteiger partial charge in [0, 0.05) is 26.2 Å². The van der Waals surface area contributed by atoms with Gasteiger partial charge in [-0.1, -0.05) is 13.8 Å². The van der Waals surface area contributed by atoms with Crippen molar-refractivity contribution in [2.75, 3.05) is 59.6 Å². The number of aliphatic imine (C=N–C) groups is 1. The van der Waals surface area contributed by atoms with Crippen LogP contribution in [-0.2, 0) is 4.74 Å². The fourth-order valence-corrected chi connectivity index (χ4v) is 3.12. The summed E-state index contributed by atoms with van der Waals surface area (Å²) in [5.41, 5.74) is 0. The number of guanidine groups is 1. The van der Waals surface area contributed by atoms with Gasteiger partial charge in [-0.05, 0) is 37.1 Å². The lowest BCUT2D eigenvalue weighted by molar-refractivity contribution is -0.0261. The number of nitrogens with one attached hydrogen (secondary N) is 2. The Morgan fingerprint density at radius 1 is 1.25 bits per heavy atom. The van der Waals surface area contributed by atoms with Crippen molar-refractivity contribution >= 4 is 5.96 Å². The molecule has 1 unspecified atom stereocenters. The average molecular weight is 393 g/mol. The molecule has 2 rings (SSSR count). The minimum Gasteiger partial charge on any atom is -0.497 e. The molecule has 0 spiro atoms. The summed E-state index contributed by atoms with van der Waals surface area (Å²) in [7, 11) is 1.65. The zero-order valence-electron chi connectivity index (χ0n) is 17.7. The Morgan fingerprint density at radius 3 is 2.68 bits per heavy atom. The highest BCUT2D eigenvalue weighted by Gasteiger charge is 2.20. The van der Waals surface area contributed by atoms with Crippen LogP contribution in [0.15, 0.2) is 29.3 Å². The summed E-state index contributed by atoms with van der Waals surface area (Å²) in [6.07, 6.45) is 0.151. The summed E-state index contributed by atoms with van der Waals surface area (Å²) >= 11 is 0. The molecule has 1 aromatic carbocycles. The Bertz CT molecular complexity index is 578. The maximum Gasteiger partial charge on any atom is 0.191 e. The normalized spacial score (nSPS) is 18.2. The molecule has 0 aromatic heterocycles. The highest BCUT2D eigenvalue weighted by atomic mass is 16.5. The lowest BCUT2D eigenvalue weighted by Crippen LogP contribution is -2.46. The van der Waals surface area contributed by atoms with Crippen molar-refractivity contribution in [1.82, 2.24) is 15.5 Å². The first-order valence-electron chi connectivity index (χ1n) is 10.2. The molecule has 0 radical (unpaired) electrons. The summed E-state index contributed by atoms with van der Waals surface area (Å²) in [5, 5.41) is 6.59. The van der Waals surface area contributed by atoms with Gasteiger partial charge in [-0.3, -0.25) is 9.89 Å². The van der Waals surface area contributed by atoms with E-state index in [4.69, 9.17) is 14.2 Å². The van der Waals surface area contributed by atoms with E-state index in [2.05, 4.69) is 41.3 Å². The molecule has 0 amide bonds. The third-order valence-corrected chi connectivity index (χ3v) is 4.37. The lowest BCUT2D eigenvalue weighted by Gasteiger charge is -2.33. The third kappa shape index (κ3) is 8.35. The predicted molar refractivity (Wildman–Crippen MR) is 113 cm³/mol. The molecule has 158 valence electrons. The maximum absolute atomic E-state index is 5.88. The standard InChI is InChI=1S/C21H36N4O3/c1-5-22-21(23-10-12-27-19-8-6-18(26-4)7-9-19)24-14-20-16-25(11-13-28-20)15-17(2)3/h6-9,17,20H,5,10-16H2,1-4H3,(H2,22,23,24). The summed E-state index contributed by atoms with van der Waals surface area (Å²) in [6.45, 7) is 13.1. The number of benzene rings is 1. The number of nitrogens with zero attached hydrogens (tertiary/aromatic N) is 2. The number of morpholine rings is 1. The van der Waals surface area contributed by atoms with Crippen LogP contribution in [-0.4, -0.2) is 76.6 Å². The number of methoxy groups -OCH3 is 1. The van der Waals surface area contributed by atoms with Gasteiger partial charge in [0.1, 0.15) is 18.1 Å². The highest BCUT2D eigenvalue weighted by Crippen LogP contribution is 2.16. The second-order valence-electron chi connectivity index (χ2n) is 7.32. The molecular weight excluding hydrogens is 356 g/mol. The van der Waals surface area contributed by atoms with Crippen LogP contribution in [0, 0.1) is 5.92 Å². The van der Waals surface area contributed by atoms with Gasteiger partial charge in [0.15, 0.2) is 5.96 Å². The Morgan fingerprint density at radius 2 is 2.00 bits per heavy atom. The van der Waals surface area contributed by atoms with E-state index < -0.39 is 0 Å². The molecule has 0 bridgehead atoms. The number of rotatable bonds is 10. The molecule has 1 heterocycles. The smallest absolute Gasteiger partial charge is 0.191 e. The molecule has 1 aliphatic heterocycles. The molecule has 2 N–H and O–H groups in total. The van der Waals surface area contributed by atoms with Crippen molar-refractivity contribution in [2.24, 2.45) is 10.9 Å². The number of hydrogen-bond acceptors (Lipinski definition) is 5. The summed E-state index contributed by atoms with van der Waals surface area (Å²) < 4.78 is 16.8. The first-order valence-corrected chi connectivity index (χ1v) is 10.2. The number of hydrogen-bond donors (Lipinski definition) is 2. The Labute approximate surface area is 169 Å². The van der Waals surface area contributed by atoms with E-state index in [0.29, 0.717) is 25.6 Å². The van der Waals surface area contributed by atoms with Crippen LogP contribution in [0.25, 0.3) is 0 Å². The summed E-state index contributed by atoms with van der Waals surface area (Å²) in [6, 6.07) is 7.59. The van der Waals surface area contributed by atoms with E-state index >= 15 is 0 Å². The largest absolute Gasteiger partial charge is 0.497 e. The molecule has 0 aliphatic carbocycles. The van der Waals surface area contributed by atoms with Gasteiger partial charge >= 0.3 is 0 Å². The van der Waals surface area contributed by atoms with Crippen molar-refractivity contribution < 1.29 is 14.2 Å². The van der Waals surface area contributed by atoms with E-state index in [1.807, 2.05) is 24.3 Å². The topological polar surface area (TPSA) is 67.4 Å². The molecule has 1 aliphatic rings. The van der Waals surface area contributed by atoms with Gasteiger partial charge in [0.25, 0.3) is 0 Å². The second kappa shape index (κ2) is 12.5. The first kappa shape index (κ1) is 22.3. The zero-order chi connectivity index (χ0) is 20.2. The Hall–Kier alpha value is -1.99. The molecule has 1 saturated heterocycles. The fourth-order valence-electron chi connectivity index (χ4n) is 3.12. The molecule has 1 fully saturated rings. The van der Waals surface area contributed by atoms with Gasteiger partial charge < -0.3 is 24.8 Å². The van der Waals surface area contributed by atoms with Gasteiger partial charge in [0.05, 0.1) is 32.9 Å². The SMILES string of the molecule is CCNC(=NCC1CN(CC(C)C)CCO1)NCCOc1ccc(OC)cc1. The van der Waals surface area contributed by atoms with E-state index in [0.717, 1.165) is 50.2 Å². The zero-order valence-corrected chi connectivity index (χ0v) is 17.7. The molecule has 1 aromatic rings. The van der Waals surface area contributed by atoms with Crippen molar-refractivity contribution in [1.29, 1.82) is 0 Å². The molecule has 7 nitrogen and oxygen atoms in total. The van der Waals surface area contributed by atoms with Crippen molar-refractivity contribution in [3.63, 3.8) is 0 Å². The van der Waals surface area contributed by atoms with Crippen LogP contribution < -0.4 is 20.1 Å². The van der Waals surface area contributed by atoms with Crippen LogP contribution in [0.4, 0.5) is 0 Å². The molecular formula is C21H36N4O3. The molecule has 1 atom stereocenters. The van der Waals surface area contributed by atoms with E-state index in [1.165, 1.54) is 0 Å². The van der Waals surface area contributed by atoms with E-state index in [-0.39, 0.29) is 6.10 Å². The van der Waals surface area contributed by atoms with Crippen molar-refractivity contribution in [2.45, 2.75) is 26.9 Å². The first-order chi connectivity index (χ1) is 13.6. The predicted octanol–water partition coefficient (Wildman–Crippen LogP) is 1.99. The monoisotopic (exact) mass is 392 g/mol. The fraction of sp³-hybridized carbons (Fsp3) is 0.667. The van der Waals surface area contributed by atoms with Crippen LogP contribution in [0.1, 0.15) is 20.8 Å². The minimum atomic E-state index is 0.151. The number of ether oxygens (including phenoxy) is 3. The van der Waals surface area contributed by atoms with Gasteiger partial charge in [-0.15, -0.1) is 0 Å². The average Bonchev–Trinajstić information content (AvgIpc) is 2.69. The van der Waals surface area contributed by atoms with Crippen LogP contribution in [0.5, 0.6) is 11.5 Å². The quantitative estimate of drug-likeness (QED) is 0.361. The van der Waals surface area contributed by atoms with Crippen molar-refractivity contribution in [3.05, 3.63) is 24.3 Å². The van der Waals surface area contributed by atoms with Gasteiger partial charge in [-0.25, -0.2) is 0 Å². The third-order valence-electron chi connectivity index (χ3n) is 4.37. The van der Waals surface area contributed by atoms with Crippen LogP contribution in [0.3, 0.4) is 0 Å². The Kier molecular flexibility index (Phi) is 9.93. The van der Waals surface area contributed by atoms with Crippen LogP contribution in [0.2, 0.25) is 0 Å². The van der Waals surface area contributed by atoms with Gasteiger partial charge in [-0.2, -0.15) is 0 Å². The minimum absolute atomic E-state index is 0.151. The van der Waals surface area contributed by atoms with Crippen molar-refractivity contribution in [3.8, 4) is 11.5 Å². The summed E-state index contributed by atoms with van der Waals surface area (Å²) in [5.74, 6) is 3.12. The van der Waals surface area contributed by atoms with Crippen LogP contribution >= 0.6 is 0 Å². The Balaban J connectivity index is 1.73. The van der Waals surface area contributed by atoms with E-state index in [9.17, 15) is 0 Å². The van der Waals surface area contributed by atoms with E-state index in [1.54, 1.807) is 7.11 Å². The second-order valence-corrected chi connectivity index (χ2v) is 7.32. The van der Waals surface area contributed by atoms with Gasteiger partial charge in [0.2, 0.25) is 0 Å². The molecule has 0 saturated carbocycles. The summed E-state index contributed by atoms with van der Waals surface area (Å²) in [4.78, 5) is 7.16. The molecule has 7 heteroatoms. The lowest BCUT2D eigenvalue weighted by atomic mass is 10.2. The molecule has 28 heavy (non-hydrogen) atoms. The maximum atomic E-state index is 5.88.